The number of hydrogen-bond donors (Lipinski definition) is 1. The molecule has 3 nitrogen and oxygen atoms in total. The third-order valence-electron chi connectivity index (χ3n) is 3.79. The van der Waals surface area contributed by atoms with Gasteiger partial charge in [-0.3, -0.25) is 0 Å². The maximum absolute atomic E-state index is 4.64. The molecule has 1 aliphatic rings. The Kier molecular flexibility index (Phi) is 4.59. The van der Waals surface area contributed by atoms with Crippen molar-refractivity contribution in [2.45, 2.75) is 44.9 Å². The van der Waals surface area contributed by atoms with Crippen LogP contribution in [0.15, 0.2) is 6.20 Å². The summed E-state index contributed by atoms with van der Waals surface area (Å²) in [6, 6.07) is 0. The largest absolute Gasteiger partial charge is 0.372 e. The van der Waals surface area contributed by atoms with Gasteiger partial charge in [0.1, 0.15) is 11.6 Å². The highest BCUT2D eigenvalue weighted by Gasteiger charge is 2.23. The molecule has 1 aromatic rings. The molecular weight excluding hydrogens is 325 g/mol. The van der Waals surface area contributed by atoms with Crippen LogP contribution >= 0.6 is 22.6 Å². The third kappa shape index (κ3) is 3.09. The van der Waals surface area contributed by atoms with Gasteiger partial charge in [-0.2, -0.15) is 0 Å². The molecule has 0 aromatic carbocycles. The molecule has 0 spiro atoms. The first-order valence-electron chi connectivity index (χ1n) is 6.44. The first-order valence-corrected chi connectivity index (χ1v) is 7.52. The summed E-state index contributed by atoms with van der Waals surface area (Å²) in [5.41, 5.74) is 0. The van der Waals surface area contributed by atoms with Crippen LogP contribution in [-0.2, 0) is 0 Å². The molecule has 0 radical (unpaired) electrons. The van der Waals surface area contributed by atoms with Crippen LogP contribution in [0.4, 0.5) is 5.82 Å². The zero-order chi connectivity index (χ0) is 12.3. The maximum atomic E-state index is 4.64. The normalized spacial score (nSPS) is 24.6. The van der Waals surface area contributed by atoms with Gasteiger partial charge in [0, 0.05) is 19.2 Å². The van der Waals surface area contributed by atoms with Gasteiger partial charge in [-0.05, 0) is 54.2 Å². The molecular formula is C13H20IN3. The molecule has 4 heteroatoms. The van der Waals surface area contributed by atoms with Gasteiger partial charge >= 0.3 is 0 Å². The van der Waals surface area contributed by atoms with Crippen LogP contribution in [0.25, 0.3) is 0 Å². The lowest BCUT2D eigenvalue weighted by Crippen LogP contribution is -2.15. The smallest absolute Gasteiger partial charge is 0.142 e. The first kappa shape index (κ1) is 13.1. The highest BCUT2D eigenvalue weighted by atomic mass is 127. The summed E-state index contributed by atoms with van der Waals surface area (Å²) in [6.45, 7) is 2.30. The SMILES string of the molecule is CCC1CCC(c2ncc(I)c(NC)n2)CC1. The van der Waals surface area contributed by atoms with E-state index in [1.807, 2.05) is 13.2 Å². The van der Waals surface area contributed by atoms with Gasteiger partial charge in [-0.1, -0.05) is 13.3 Å². The van der Waals surface area contributed by atoms with Crippen molar-refractivity contribution in [2.24, 2.45) is 5.92 Å². The summed E-state index contributed by atoms with van der Waals surface area (Å²) in [5.74, 6) is 3.50. The lowest BCUT2D eigenvalue weighted by Gasteiger charge is -2.26. The Bertz CT molecular complexity index is 373. The Morgan fingerprint density at radius 3 is 2.65 bits per heavy atom. The molecule has 1 N–H and O–H groups in total. The zero-order valence-electron chi connectivity index (χ0n) is 10.5. The second-order valence-corrected chi connectivity index (χ2v) is 5.96. The number of nitrogens with one attached hydrogen (secondary N) is 1. The molecule has 1 aromatic heterocycles. The number of anilines is 1. The van der Waals surface area contributed by atoms with Crippen LogP contribution in [0, 0.1) is 9.49 Å². The fraction of sp³-hybridized carbons (Fsp3) is 0.692. The Labute approximate surface area is 117 Å². The van der Waals surface area contributed by atoms with E-state index < -0.39 is 0 Å². The van der Waals surface area contributed by atoms with Crippen molar-refractivity contribution in [1.29, 1.82) is 0 Å². The van der Waals surface area contributed by atoms with Crippen molar-refractivity contribution in [3.05, 3.63) is 15.6 Å². The van der Waals surface area contributed by atoms with Crippen LogP contribution in [0.2, 0.25) is 0 Å². The topological polar surface area (TPSA) is 37.8 Å². The molecule has 94 valence electrons. The number of hydrogen-bond acceptors (Lipinski definition) is 3. The Morgan fingerprint density at radius 1 is 1.35 bits per heavy atom. The van der Waals surface area contributed by atoms with Crippen LogP contribution < -0.4 is 5.32 Å². The van der Waals surface area contributed by atoms with E-state index in [0.717, 1.165) is 21.1 Å². The van der Waals surface area contributed by atoms with E-state index in [-0.39, 0.29) is 0 Å². The van der Waals surface area contributed by atoms with Crippen molar-refractivity contribution < 1.29 is 0 Å². The van der Waals surface area contributed by atoms with E-state index in [0.29, 0.717) is 5.92 Å². The van der Waals surface area contributed by atoms with Gasteiger partial charge in [0.2, 0.25) is 0 Å². The van der Waals surface area contributed by atoms with Crippen molar-refractivity contribution in [1.82, 2.24) is 9.97 Å². The minimum atomic E-state index is 0.571. The van der Waals surface area contributed by atoms with E-state index in [9.17, 15) is 0 Å². The summed E-state index contributed by atoms with van der Waals surface area (Å²) in [4.78, 5) is 9.14. The van der Waals surface area contributed by atoms with Crippen LogP contribution in [0.5, 0.6) is 0 Å². The van der Waals surface area contributed by atoms with Gasteiger partial charge in [-0.15, -0.1) is 0 Å². The van der Waals surface area contributed by atoms with Gasteiger partial charge in [0.05, 0.1) is 3.57 Å². The summed E-state index contributed by atoms with van der Waals surface area (Å²) in [6.07, 6.45) is 8.43. The van der Waals surface area contributed by atoms with Crippen molar-refractivity contribution in [3.63, 3.8) is 0 Å². The average molecular weight is 345 g/mol. The Balaban J connectivity index is 2.08. The highest BCUT2D eigenvalue weighted by molar-refractivity contribution is 14.1. The maximum Gasteiger partial charge on any atom is 0.142 e. The number of rotatable bonds is 3. The van der Waals surface area contributed by atoms with Crippen LogP contribution in [0.3, 0.4) is 0 Å². The summed E-state index contributed by atoms with van der Waals surface area (Å²) < 4.78 is 1.09. The highest BCUT2D eigenvalue weighted by Crippen LogP contribution is 2.35. The van der Waals surface area contributed by atoms with Crippen molar-refractivity contribution >= 4 is 28.4 Å². The summed E-state index contributed by atoms with van der Waals surface area (Å²) in [7, 11) is 1.92. The van der Waals surface area contributed by atoms with E-state index in [1.54, 1.807) is 0 Å². The van der Waals surface area contributed by atoms with Crippen LogP contribution in [0.1, 0.15) is 50.8 Å². The summed E-state index contributed by atoms with van der Waals surface area (Å²) in [5, 5.41) is 3.14. The van der Waals surface area contributed by atoms with E-state index in [1.165, 1.54) is 32.1 Å². The molecule has 1 aliphatic carbocycles. The molecule has 0 atom stereocenters. The first-order chi connectivity index (χ1) is 8.24. The monoisotopic (exact) mass is 345 g/mol. The minimum Gasteiger partial charge on any atom is -0.372 e. The molecule has 0 unspecified atom stereocenters. The molecule has 17 heavy (non-hydrogen) atoms. The van der Waals surface area contributed by atoms with E-state index >= 15 is 0 Å². The minimum absolute atomic E-state index is 0.571. The standard InChI is InChI=1S/C13H20IN3/c1-3-9-4-6-10(7-5-9)12-16-8-11(14)13(15-2)17-12/h8-10H,3-7H2,1-2H3,(H,15,16,17). The molecule has 1 heterocycles. The zero-order valence-corrected chi connectivity index (χ0v) is 12.7. The molecule has 0 aliphatic heterocycles. The Hall–Kier alpha value is -0.390. The van der Waals surface area contributed by atoms with Gasteiger partial charge in [0.25, 0.3) is 0 Å². The molecule has 1 fully saturated rings. The second kappa shape index (κ2) is 5.98. The van der Waals surface area contributed by atoms with Gasteiger partial charge in [-0.25, -0.2) is 9.97 Å². The predicted octanol–water partition coefficient (Wildman–Crippen LogP) is 3.81. The predicted molar refractivity (Wildman–Crippen MR) is 79.3 cm³/mol. The Morgan fingerprint density at radius 2 is 2.06 bits per heavy atom. The molecule has 1 saturated carbocycles. The molecule has 0 amide bonds. The lowest BCUT2D eigenvalue weighted by molar-refractivity contribution is 0.312. The number of aromatic nitrogens is 2. The average Bonchev–Trinajstić information content (AvgIpc) is 2.39. The molecule has 2 rings (SSSR count). The molecule has 0 bridgehead atoms. The van der Waals surface area contributed by atoms with Gasteiger partial charge in [0.15, 0.2) is 0 Å². The second-order valence-electron chi connectivity index (χ2n) is 4.80. The lowest BCUT2D eigenvalue weighted by atomic mass is 9.80. The fourth-order valence-corrected chi connectivity index (χ4v) is 3.11. The molecule has 0 saturated heterocycles. The van der Waals surface area contributed by atoms with E-state index in [2.05, 4.69) is 44.8 Å². The van der Waals surface area contributed by atoms with Crippen molar-refractivity contribution in [3.8, 4) is 0 Å². The van der Waals surface area contributed by atoms with Crippen LogP contribution in [-0.4, -0.2) is 17.0 Å². The fourth-order valence-electron chi connectivity index (χ4n) is 2.58. The summed E-state index contributed by atoms with van der Waals surface area (Å²) >= 11 is 2.27. The number of halogens is 1. The quantitative estimate of drug-likeness (QED) is 0.847. The number of nitrogens with zero attached hydrogens (tertiary/aromatic N) is 2. The third-order valence-corrected chi connectivity index (χ3v) is 4.58. The van der Waals surface area contributed by atoms with Crippen molar-refractivity contribution in [2.75, 3.05) is 12.4 Å². The van der Waals surface area contributed by atoms with Gasteiger partial charge < -0.3 is 5.32 Å². The van der Waals surface area contributed by atoms with E-state index in [4.69, 9.17) is 0 Å².